The molecular weight excluding hydrogens is 318 g/mol. The van der Waals surface area contributed by atoms with E-state index in [4.69, 9.17) is 18.6 Å². The minimum atomic E-state index is 0.646. The molecule has 0 aliphatic rings. The summed E-state index contributed by atoms with van der Waals surface area (Å²) in [6.45, 7) is 0. The lowest BCUT2D eigenvalue weighted by molar-refractivity contribution is 0.355. The van der Waals surface area contributed by atoms with Crippen molar-refractivity contribution in [3.8, 4) is 17.2 Å². The molecule has 0 bridgehead atoms. The Hall–Kier alpha value is -3.08. The molecule has 3 aromatic rings. The second-order valence-corrected chi connectivity index (χ2v) is 5.44. The van der Waals surface area contributed by atoms with Crippen molar-refractivity contribution in [1.29, 1.82) is 0 Å². The van der Waals surface area contributed by atoms with Crippen LogP contribution in [0.25, 0.3) is 23.1 Å². The third-order valence-corrected chi connectivity index (χ3v) is 3.98. The van der Waals surface area contributed by atoms with Crippen LogP contribution < -0.4 is 19.5 Å². The highest BCUT2D eigenvalue weighted by atomic mass is 16.5. The number of anilines is 1. The lowest BCUT2D eigenvalue weighted by atomic mass is 10.1. The summed E-state index contributed by atoms with van der Waals surface area (Å²) in [6.07, 6.45) is 3.90. The first kappa shape index (κ1) is 16.8. The molecule has 0 unspecified atom stereocenters. The molecule has 1 heterocycles. The van der Waals surface area contributed by atoms with Crippen LogP contribution in [0.4, 0.5) is 5.69 Å². The Morgan fingerprint density at radius 2 is 1.56 bits per heavy atom. The molecular formula is C20H21NO4. The van der Waals surface area contributed by atoms with Crippen LogP contribution in [0.2, 0.25) is 0 Å². The van der Waals surface area contributed by atoms with E-state index in [1.807, 2.05) is 55.6 Å². The fourth-order valence-corrected chi connectivity index (χ4v) is 2.67. The van der Waals surface area contributed by atoms with Gasteiger partial charge in [-0.25, -0.2) is 0 Å². The van der Waals surface area contributed by atoms with Crippen LogP contribution in [0, 0.1) is 0 Å². The van der Waals surface area contributed by atoms with E-state index in [1.165, 1.54) is 0 Å². The number of benzene rings is 2. The quantitative estimate of drug-likeness (QED) is 0.707. The fraction of sp³-hybridized carbons (Fsp3) is 0.200. The summed E-state index contributed by atoms with van der Waals surface area (Å²) in [6, 6.07) is 11.7. The van der Waals surface area contributed by atoms with Gasteiger partial charge in [0.15, 0.2) is 11.5 Å². The highest BCUT2D eigenvalue weighted by Crippen LogP contribution is 2.34. The molecule has 0 radical (unpaired) electrons. The van der Waals surface area contributed by atoms with E-state index in [0.717, 1.165) is 33.7 Å². The van der Waals surface area contributed by atoms with E-state index in [-0.39, 0.29) is 0 Å². The van der Waals surface area contributed by atoms with Crippen molar-refractivity contribution in [3.05, 3.63) is 47.7 Å². The predicted molar refractivity (Wildman–Crippen MR) is 101 cm³/mol. The molecule has 1 aromatic heterocycles. The van der Waals surface area contributed by atoms with Gasteiger partial charge in [0.25, 0.3) is 0 Å². The molecule has 0 saturated heterocycles. The van der Waals surface area contributed by atoms with Gasteiger partial charge in [0.05, 0.1) is 27.0 Å². The number of rotatable bonds is 6. The minimum Gasteiger partial charge on any atom is -0.495 e. The van der Waals surface area contributed by atoms with Crippen LogP contribution >= 0.6 is 0 Å². The summed E-state index contributed by atoms with van der Waals surface area (Å²) >= 11 is 0. The van der Waals surface area contributed by atoms with Gasteiger partial charge in [-0.1, -0.05) is 12.1 Å². The number of hydrogen-bond acceptors (Lipinski definition) is 5. The Labute approximate surface area is 146 Å². The molecule has 130 valence electrons. The molecule has 1 N–H and O–H groups in total. The number of methoxy groups -OCH3 is 3. The van der Waals surface area contributed by atoms with Crippen molar-refractivity contribution in [1.82, 2.24) is 0 Å². The Morgan fingerprint density at radius 1 is 0.840 bits per heavy atom. The monoisotopic (exact) mass is 339 g/mol. The average Bonchev–Trinajstić information content (AvgIpc) is 3.06. The van der Waals surface area contributed by atoms with Crippen molar-refractivity contribution in [2.45, 2.75) is 0 Å². The van der Waals surface area contributed by atoms with Gasteiger partial charge < -0.3 is 23.9 Å². The molecule has 25 heavy (non-hydrogen) atoms. The third-order valence-electron chi connectivity index (χ3n) is 3.98. The van der Waals surface area contributed by atoms with Crippen molar-refractivity contribution in [2.24, 2.45) is 0 Å². The van der Waals surface area contributed by atoms with Crippen LogP contribution in [0.15, 0.2) is 40.8 Å². The SMILES string of the molecule is CNc1ccc(/C=C/c2cc3cc(OC)c(OC)cc3o2)cc1OC. The van der Waals surface area contributed by atoms with Gasteiger partial charge in [0.2, 0.25) is 0 Å². The van der Waals surface area contributed by atoms with E-state index in [0.29, 0.717) is 11.5 Å². The van der Waals surface area contributed by atoms with Crippen LogP contribution in [-0.2, 0) is 0 Å². The summed E-state index contributed by atoms with van der Waals surface area (Å²) in [7, 11) is 6.75. The Kier molecular flexibility index (Phi) is 4.84. The van der Waals surface area contributed by atoms with Crippen LogP contribution in [0.5, 0.6) is 17.2 Å². The standard InChI is InChI=1S/C20H21NO4/c1-21-16-8-6-13(9-18(16)22-2)5-7-15-10-14-11-19(23-3)20(24-4)12-17(14)25-15/h5-12,21H,1-4H3/b7-5+. The van der Waals surface area contributed by atoms with Crippen molar-refractivity contribution >= 4 is 28.8 Å². The lowest BCUT2D eigenvalue weighted by Gasteiger charge is -2.08. The van der Waals surface area contributed by atoms with E-state index < -0.39 is 0 Å². The van der Waals surface area contributed by atoms with Gasteiger partial charge in [0, 0.05) is 18.5 Å². The molecule has 0 fully saturated rings. The fourth-order valence-electron chi connectivity index (χ4n) is 2.67. The molecule has 0 aliphatic heterocycles. The number of furan rings is 1. The van der Waals surface area contributed by atoms with E-state index in [1.54, 1.807) is 21.3 Å². The zero-order chi connectivity index (χ0) is 17.8. The number of hydrogen-bond donors (Lipinski definition) is 1. The molecule has 5 nitrogen and oxygen atoms in total. The minimum absolute atomic E-state index is 0.646. The number of ether oxygens (including phenoxy) is 3. The van der Waals surface area contributed by atoms with Crippen molar-refractivity contribution < 1.29 is 18.6 Å². The normalized spacial score (nSPS) is 11.0. The molecule has 0 atom stereocenters. The van der Waals surface area contributed by atoms with Crippen molar-refractivity contribution in [3.63, 3.8) is 0 Å². The van der Waals surface area contributed by atoms with Gasteiger partial charge in [0.1, 0.15) is 17.1 Å². The predicted octanol–water partition coefficient (Wildman–Crippen LogP) is 4.67. The van der Waals surface area contributed by atoms with Crippen molar-refractivity contribution in [2.75, 3.05) is 33.7 Å². The summed E-state index contributed by atoms with van der Waals surface area (Å²) in [4.78, 5) is 0. The van der Waals surface area contributed by atoms with Gasteiger partial charge >= 0.3 is 0 Å². The molecule has 5 heteroatoms. The first-order chi connectivity index (χ1) is 12.2. The molecule has 0 saturated carbocycles. The number of nitrogens with one attached hydrogen (secondary N) is 1. The molecule has 0 aliphatic carbocycles. The second kappa shape index (κ2) is 7.21. The molecule has 2 aromatic carbocycles. The molecule has 3 rings (SSSR count). The molecule has 0 spiro atoms. The second-order valence-electron chi connectivity index (χ2n) is 5.44. The topological polar surface area (TPSA) is 52.9 Å². The van der Waals surface area contributed by atoms with E-state index >= 15 is 0 Å². The first-order valence-corrected chi connectivity index (χ1v) is 7.88. The Morgan fingerprint density at radius 3 is 2.24 bits per heavy atom. The third kappa shape index (κ3) is 3.40. The highest BCUT2D eigenvalue weighted by Gasteiger charge is 2.09. The van der Waals surface area contributed by atoms with Crippen LogP contribution in [0.3, 0.4) is 0 Å². The summed E-state index contributed by atoms with van der Waals surface area (Å²) in [5.41, 5.74) is 2.72. The zero-order valence-electron chi connectivity index (χ0n) is 14.8. The zero-order valence-corrected chi connectivity index (χ0v) is 14.8. The van der Waals surface area contributed by atoms with Gasteiger partial charge in [-0.05, 0) is 35.9 Å². The Bertz CT molecular complexity index is 870. The lowest BCUT2D eigenvalue weighted by Crippen LogP contribution is -1.93. The largest absolute Gasteiger partial charge is 0.495 e. The maximum Gasteiger partial charge on any atom is 0.164 e. The van der Waals surface area contributed by atoms with Crippen LogP contribution in [0.1, 0.15) is 11.3 Å². The summed E-state index contributed by atoms with van der Waals surface area (Å²) in [5.74, 6) is 2.87. The highest BCUT2D eigenvalue weighted by molar-refractivity contribution is 5.85. The van der Waals surface area contributed by atoms with Gasteiger partial charge in [-0.3, -0.25) is 0 Å². The Balaban J connectivity index is 1.91. The van der Waals surface area contributed by atoms with Gasteiger partial charge in [-0.15, -0.1) is 0 Å². The maximum atomic E-state index is 5.87. The number of fused-ring (bicyclic) bond motifs is 1. The molecule has 0 amide bonds. The maximum absolute atomic E-state index is 5.87. The van der Waals surface area contributed by atoms with E-state index in [9.17, 15) is 0 Å². The average molecular weight is 339 g/mol. The van der Waals surface area contributed by atoms with E-state index in [2.05, 4.69) is 5.32 Å². The summed E-state index contributed by atoms with van der Waals surface area (Å²) in [5, 5.41) is 4.05. The van der Waals surface area contributed by atoms with Crippen LogP contribution in [-0.4, -0.2) is 28.4 Å². The van der Waals surface area contributed by atoms with Gasteiger partial charge in [-0.2, -0.15) is 0 Å². The first-order valence-electron chi connectivity index (χ1n) is 7.88. The summed E-state index contributed by atoms with van der Waals surface area (Å²) < 4.78 is 21.9. The smallest absolute Gasteiger partial charge is 0.164 e.